The van der Waals surface area contributed by atoms with Crippen molar-refractivity contribution in [3.8, 4) is 0 Å². The molecule has 3 amide bonds. The van der Waals surface area contributed by atoms with E-state index in [1.165, 1.54) is 0 Å². The van der Waals surface area contributed by atoms with Crippen LogP contribution in [0.1, 0.15) is 31.7 Å². The fraction of sp³-hybridized carbons (Fsp3) is 0.381. The number of nitrogens with zero attached hydrogens (tertiary/aromatic N) is 2. The minimum absolute atomic E-state index is 0.129. The van der Waals surface area contributed by atoms with Gasteiger partial charge in [-0.05, 0) is 56.5 Å². The molecule has 0 bridgehead atoms. The third-order valence-electron chi connectivity index (χ3n) is 4.72. The summed E-state index contributed by atoms with van der Waals surface area (Å²) in [5, 5.41) is 8.89. The van der Waals surface area contributed by atoms with Crippen LogP contribution in [0.15, 0.2) is 42.6 Å². The minimum Gasteiger partial charge on any atom is -0.370 e. The summed E-state index contributed by atoms with van der Waals surface area (Å²) in [5.74, 6) is 0.960. The van der Waals surface area contributed by atoms with Crippen molar-refractivity contribution in [3.63, 3.8) is 0 Å². The van der Waals surface area contributed by atoms with Crippen LogP contribution in [0.3, 0.4) is 0 Å². The van der Waals surface area contributed by atoms with E-state index in [2.05, 4.69) is 20.9 Å². The lowest BCUT2D eigenvalue weighted by atomic mass is 10.2. The first-order valence-electron chi connectivity index (χ1n) is 9.66. The zero-order valence-electron chi connectivity index (χ0n) is 16.4. The molecule has 0 radical (unpaired) electrons. The number of hydrogen-bond acceptors (Lipinski definition) is 4. The van der Waals surface area contributed by atoms with Crippen molar-refractivity contribution in [1.82, 2.24) is 10.3 Å². The van der Waals surface area contributed by atoms with Gasteiger partial charge in [0.15, 0.2) is 0 Å². The average molecular weight is 381 g/mol. The van der Waals surface area contributed by atoms with Gasteiger partial charge >= 0.3 is 6.03 Å². The smallest absolute Gasteiger partial charge is 0.319 e. The van der Waals surface area contributed by atoms with Crippen molar-refractivity contribution < 1.29 is 9.59 Å². The highest BCUT2D eigenvalue weighted by Crippen LogP contribution is 2.28. The molecule has 1 saturated heterocycles. The van der Waals surface area contributed by atoms with Gasteiger partial charge < -0.3 is 20.9 Å². The molecular formula is C21H27N5O2. The molecule has 2 heterocycles. The van der Waals surface area contributed by atoms with Crippen LogP contribution in [0, 0.1) is 6.92 Å². The Bertz CT molecular complexity index is 822. The first-order chi connectivity index (χ1) is 13.5. The largest absolute Gasteiger partial charge is 0.370 e. The van der Waals surface area contributed by atoms with Crippen molar-refractivity contribution in [2.75, 3.05) is 28.6 Å². The lowest BCUT2D eigenvalue weighted by Gasteiger charge is -2.22. The number of nitrogens with one attached hydrogen (secondary N) is 3. The van der Waals surface area contributed by atoms with E-state index in [1.54, 1.807) is 4.90 Å². The molecule has 0 aliphatic carbocycles. The molecule has 1 aliphatic rings. The number of benzene rings is 1. The predicted octanol–water partition coefficient (Wildman–Crippen LogP) is 3.53. The second-order valence-electron chi connectivity index (χ2n) is 7.08. The number of urea groups is 1. The van der Waals surface area contributed by atoms with Crippen molar-refractivity contribution in [2.45, 2.75) is 39.2 Å². The zero-order valence-corrected chi connectivity index (χ0v) is 16.4. The van der Waals surface area contributed by atoms with Crippen LogP contribution < -0.4 is 20.9 Å². The molecule has 3 rings (SSSR count). The van der Waals surface area contributed by atoms with Crippen LogP contribution in [0.4, 0.5) is 22.0 Å². The molecular weight excluding hydrogens is 354 g/mol. The van der Waals surface area contributed by atoms with Gasteiger partial charge in [-0.25, -0.2) is 9.78 Å². The quantitative estimate of drug-likeness (QED) is 0.641. The highest BCUT2D eigenvalue weighted by molar-refractivity contribution is 5.97. The molecule has 1 fully saturated rings. The number of anilines is 3. The van der Waals surface area contributed by atoms with Crippen molar-refractivity contribution in [3.05, 3.63) is 48.2 Å². The normalized spacial score (nSPS) is 16.1. The molecule has 2 aromatic rings. The van der Waals surface area contributed by atoms with Crippen LogP contribution in [0.25, 0.3) is 0 Å². The summed E-state index contributed by atoms with van der Waals surface area (Å²) in [6.07, 6.45) is 4.04. The molecule has 3 N–H and O–H groups in total. The number of aromatic nitrogens is 1. The molecule has 0 unspecified atom stereocenters. The number of carbonyl (C=O) groups is 2. The summed E-state index contributed by atoms with van der Waals surface area (Å²) in [4.78, 5) is 30.2. The van der Waals surface area contributed by atoms with Crippen LogP contribution in [0.2, 0.25) is 0 Å². The molecule has 0 spiro atoms. The second-order valence-corrected chi connectivity index (χ2v) is 7.08. The van der Waals surface area contributed by atoms with E-state index >= 15 is 0 Å². The maximum atomic E-state index is 12.1. The van der Waals surface area contributed by atoms with Gasteiger partial charge in [-0.15, -0.1) is 0 Å². The van der Waals surface area contributed by atoms with E-state index < -0.39 is 0 Å². The maximum absolute atomic E-state index is 12.1. The predicted molar refractivity (Wildman–Crippen MR) is 112 cm³/mol. The summed E-state index contributed by atoms with van der Waals surface area (Å²) >= 11 is 0. The molecule has 1 atom stereocenters. The van der Waals surface area contributed by atoms with Gasteiger partial charge in [-0.1, -0.05) is 12.1 Å². The Balaban J connectivity index is 1.41. The number of aryl methyl sites for hydroxylation is 1. The summed E-state index contributed by atoms with van der Waals surface area (Å²) in [7, 11) is 0. The van der Waals surface area contributed by atoms with Gasteiger partial charge in [0.1, 0.15) is 5.82 Å². The molecule has 7 nitrogen and oxygen atoms in total. The van der Waals surface area contributed by atoms with Gasteiger partial charge in [0.05, 0.1) is 0 Å². The van der Waals surface area contributed by atoms with Gasteiger partial charge in [-0.2, -0.15) is 0 Å². The molecule has 1 aliphatic heterocycles. The summed E-state index contributed by atoms with van der Waals surface area (Å²) in [6.45, 7) is 5.31. The van der Waals surface area contributed by atoms with Crippen molar-refractivity contribution in [1.29, 1.82) is 0 Å². The van der Waals surface area contributed by atoms with Gasteiger partial charge in [0.25, 0.3) is 0 Å². The van der Waals surface area contributed by atoms with Gasteiger partial charge in [0.2, 0.25) is 5.91 Å². The number of pyridine rings is 1. The van der Waals surface area contributed by atoms with Crippen LogP contribution in [0.5, 0.6) is 0 Å². The van der Waals surface area contributed by atoms with E-state index in [4.69, 9.17) is 0 Å². The molecule has 1 aromatic carbocycles. The Morgan fingerprint density at radius 3 is 2.82 bits per heavy atom. The van der Waals surface area contributed by atoms with E-state index in [1.807, 2.05) is 56.4 Å². The highest BCUT2D eigenvalue weighted by atomic mass is 16.2. The topological polar surface area (TPSA) is 86.4 Å². The Morgan fingerprint density at radius 2 is 2.11 bits per heavy atom. The fourth-order valence-electron chi connectivity index (χ4n) is 3.21. The van der Waals surface area contributed by atoms with E-state index in [0.717, 1.165) is 36.5 Å². The summed E-state index contributed by atoms with van der Waals surface area (Å²) < 4.78 is 0. The van der Waals surface area contributed by atoms with E-state index in [9.17, 15) is 9.59 Å². The van der Waals surface area contributed by atoms with Crippen LogP contribution in [-0.4, -0.2) is 36.1 Å². The SMILES string of the molecule is Cc1ccc(NCCCNC(=O)Nc2cccc(N3C(=O)CC[C@@H]3C)c2)nc1. The zero-order chi connectivity index (χ0) is 19.9. The van der Waals surface area contributed by atoms with Gasteiger partial charge in [-0.3, -0.25) is 4.79 Å². The first kappa shape index (κ1) is 19.7. The Labute approximate surface area is 165 Å². The molecule has 7 heteroatoms. The average Bonchev–Trinajstić information content (AvgIpc) is 3.01. The third-order valence-corrected chi connectivity index (χ3v) is 4.72. The van der Waals surface area contributed by atoms with Crippen molar-refractivity contribution in [2.24, 2.45) is 0 Å². The van der Waals surface area contributed by atoms with E-state index in [-0.39, 0.29) is 18.0 Å². The third kappa shape index (κ3) is 5.22. The number of amides is 3. The number of hydrogen-bond donors (Lipinski definition) is 3. The Hall–Kier alpha value is -3.09. The van der Waals surface area contributed by atoms with E-state index in [0.29, 0.717) is 18.7 Å². The van der Waals surface area contributed by atoms with Crippen LogP contribution in [-0.2, 0) is 4.79 Å². The monoisotopic (exact) mass is 381 g/mol. The van der Waals surface area contributed by atoms with Crippen molar-refractivity contribution >= 4 is 29.1 Å². The molecule has 0 saturated carbocycles. The first-order valence-corrected chi connectivity index (χ1v) is 9.66. The number of rotatable bonds is 7. The Kier molecular flexibility index (Phi) is 6.47. The maximum Gasteiger partial charge on any atom is 0.319 e. The second kappa shape index (κ2) is 9.21. The highest BCUT2D eigenvalue weighted by Gasteiger charge is 2.28. The number of carbonyl (C=O) groups excluding carboxylic acids is 2. The lowest BCUT2D eigenvalue weighted by molar-refractivity contribution is -0.117. The molecule has 1 aromatic heterocycles. The minimum atomic E-state index is -0.258. The fourth-order valence-corrected chi connectivity index (χ4v) is 3.21. The molecule has 28 heavy (non-hydrogen) atoms. The summed E-state index contributed by atoms with van der Waals surface area (Å²) in [5.41, 5.74) is 2.61. The molecule has 148 valence electrons. The standard InChI is InChI=1S/C21H27N5O2/c1-15-7-9-19(24-14-15)22-11-4-12-23-21(28)25-17-5-3-6-18(13-17)26-16(2)8-10-20(26)27/h3,5-7,9,13-14,16H,4,8,10-12H2,1-2H3,(H,22,24)(H2,23,25,28)/t16-/m0/s1. The van der Waals surface area contributed by atoms with Crippen LogP contribution >= 0.6 is 0 Å². The van der Waals surface area contributed by atoms with Gasteiger partial charge in [0, 0.05) is 43.1 Å². The summed E-state index contributed by atoms with van der Waals surface area (Å²) in [6, 6.07) is 11.3. The Morgan fingerprint density at radius 1 is 1.25 bits per heavy atom. The lowest BCUT2D eigenvalue weighted by Crippen LogP contribution is -2.32.